The number of nitrogens with zero attached hydrogens (tertiary/aromatic N) is 4. The van der Waals surface area contributed by atoms with Crippen LogP contribution in [0.4, 0.5) is 4.39 Å². The van der Waals surface area contributed by atoms with Gasteiger partial charge in [-0.25, -0.2) is 9.37 Å². The van der Waals surface area contributed by atoms with E-state index < -0.39 is 5.67 Å². The number of rotatable bonds is 5. The fourth-order valence-corrected chi connectivity index (χ4v) is 5.68. The van der Waals surface area contributed by atoms with Gasteiger partial charge in [0.2, 0.25) is 11.6 Å². The summed E-state index contributed by atoms with van der Waals surface area (Å²) in [5, 5.41) is 11.6. The highest BCUT2D eigenvalue weighted by Gasteiger charge is 2.55. The standard InChI is InChI=1S/C26H29FN6O4/c1-25(27,18-4-2-16(3-5-18)17-6-8-36-9-7-17)24-32-31-22(37-24)19-12-33(15-26(19)13-28-14-26)23(35)20-10-30-21(34)11-29-20/h2-5,10-11,17,19,28H,6-9,12-15H2,1H3,(H,30,34). The van der Waals surface area contributed by atoms with E-state index in [1.165, 1.54) is 18.7 Å². The topological polar surface area (TPSA) is 126 Å². The van der Waals surface area contributed by atoms with Gasteiger partial charge in [0.15, 0.2) is 0 Å². The maximum Gasteiger partial charge on any atom is 0.274 e. The van der Waals surface area contributed by atoms with Crippen LogP contribution in [0.1, 0.15) is 65.0 Å². The summed E-state index contributed by atoms with van der Waals surface area (Å²) in [6.07, 6.45) is 4.34. The maximum atomic E-state index is 16.0. The zero-order valence-electron chi connectivity index (χ0n) is 20.6. The van der Waals surface area contributed by atoms with Crippen LogP contribution in [0.5, 0.6) is 0 Å². The summed E-state index contributed by atoms with van der Waals surface area (Å²) < 4.78 is 27.5. The summed E-state index contributed by atoms with van der Waals surface area (Å²) in [7, 11) is 0. The fraction of sp³-hybridized carbons (Fsp3) is 0.500. The molecule has 0 radical (unpaired) electrons. The van der Waals surface area contributed by atoms with Crippen molar-refractivity contribution >= 4 is 5.91 Å². The molecular formula is C26H29FN6O4. The second kappa shape index (κ2) is 9.14. The molecule has 2 aromatic heterocycles. The molecular weight excluding hydrogens is 479 g/mol. The number of hydrogen-bond donors (Lipinski definition) is 2. The first-order valence-corrected chi connectivity index (χ1v) is 12.6. The lowest BCUT2D eigenvalue weighted by Gasteiger charge is -2.42. The van der Waals surface area contributed by atoms with Crippen molar-refractivity contribution in [2.24, 2.45) is 5.41 Å². The van der Waals surface area contributed by atoms with Crippen molar-refractivity contribution in [2.75, 3.05) is 39.4 Å². The van der Waals surface area contributed by atoms with Crippen molar-refractivity contribution in [2.45, 2.75) is 37.3 Å². The van der Waals surface area contributed by atoms with Gasteiger partial charge in [0, 0.05) is 51.0 Å². The monoisotopic (exact) mass is 508 g/mol. The summed E-state index contributed by atoms with van der Waals surface area (Å²) >= 11 is 0. The molecule has 1 spiro atoms. The molecule has 3 aliphatic rings. The summed E-state index contributed by atoms with van der Waals surface area (Å²) in [6, 6.07) is 7.53. The predicted octanol–water partition coefficient (Wildman–Crippen LogP) is 2.11. The van der Waals surface area contributed by atoms with Crippen LogP contribution in [0.2, 0.25) is 0 Å². The molecule has 0 aliphatic carbocycles. The van der Waals surface area contributed by atoms with Crippen LogP contribution < -0.4 is 10.9 Å². The summed E-state index contributed by atoms with van der Waals surface area (Å²) in [4.78, 5) is 32.5. The number of nitrogens with one attached hydrogen (secondary N) is 2. The number of likely N-dealkylation sites (tertiary alicyclic amines) is 1. The largest absolute Gasteiger partial charge is 0.421 e. The Bertz CT molecular complexity index is 1320. The lowest BCUT2D eigenvalue weighted by Crippen LogP contribution is -2.57. The highest BCUT2D eigenvalue weighted by molar-refractivity contribution is 5.92. The number of benzene rings is 1. The van der Waals surface area contributed by atoms with Gasteiger partial charge in [-0.2, -0.15) is 0 Å². The van der Waals surface area contributed by atoms with Crippen LogP contribution in [-0.2, 0) is 10.4 Å². The second-order valence-corrected chi connectivity index (χ2v) is 10.5. The third-order valence-corrected chi connectivity index (χ3v) is 8.07. The number of aromatic amines is 1. The van der Waals surface area contributed by atoms with E-state index in [4.69, 9.17) is 9.15 Å². The van der Waals surface area contributed by atoms with Crippen molar-refractivity contribution < 1.29 is 18.3 Å². The molecule has 10 nitrogen and oxygen atoms in total. The Balaban J connectivity index is 1.21. The minimum Gasteiger partial charge on any atom is -0.421 e. The number of carbonyl (C=O) groups is 1. The van der Waals surface area contributed by atoms with Crippen LogP contribution in [0.25, 0.3) is 0 Å². The van der Waals surface area contributed by atoms with E-state index in [9.17, 15) is 9.59 Å². The molecule has 0 saturated carbocycles. The normalized spacial score (nSPS) is 23.1. The lowest BCUT2D eigenvalue weighted by atomic mass is 9.73. The first-order chi connectivity index (χ1) is 17.9. The molecule has 6 rings (SSSR count). The van der Waals surface area contributed by atoms with Crippen molar-refractivity contribution in [3.8, 4) is 0 Å². The van der Waals surface area contributed by atoms with Crippen molar-refractivity contribution in [1.82, 2.24) is 30.4 Å². The van der Waals surface area contributed by atoms with Crippen LogP contribution in [-0.4, -0.2) is 70.4 Å². The molecule has 11 heteroatoms. The first-order valence-electron chi connectivity index (χ1n) is 12.6. The summed E-state index contributed by atoms with van der Waals surface area (Å²) in [5.74, 6) is 0.119. The Kier molecular flexibility index (Phi) is 5.91. The Morgan fingerprint density at radius 1 is 1.19 bits per heavy atom. The van der Waals surface area contributed by atoms with Crippen molar-refractivity contribution in [3.05, 3.63) is 75.6 Å². The molecule has 3 aliphatic heterocycles. The first kappa shape index (κ1) is 23.9. The highest BCUT2D eigenvalue weighted by atomic mass is 19.1. The molecule has 3 aromatic rings. The quantitative estimate of drug-likeness (QED) is 0.537. The van der Waals surface area contributed by atoms with Gasteiger partial charge in [0.25, 0.3) is 17.4 Å². The van der Waals surface area contributed by atoms with E-state index in [-0.39, 0.29) is 34.4 Å². The van der Waals surface area contributed by atoms with Gasteiger partial charge in [0.1, 0.15) is 5.69 Å². The van der Waals surface area contributed by atoms with Crippen LogP contribution in [0.3, 0.4) is 0 Å². The molecule has 1 aromatic carbocycles. The van der Waals surface area contributed by atoms with E-state index in [1.807, 2.05) is 12.1 Å². The third-order valence-electron chi connectivity index (χ3n) is 8.07. The van der Waals surface area contributed by atoms with Crippen LogP contribution >= 0.6 is 0 Å². The van der Waals surface area contributed by atoms with Gasteiger partial charge in [-0.05, 0) is 36.8 Å². The van der Waals surface area contributed by atoms with Gasteiger partial charge in [-0.1, -0.05) is 24.3 Å². The van der Waals surface area contributed by atoms with Gasteiger partial charge >= 0.3 is 0 Å². The number of hydrogen-bond acceptors (Lipinski definition) is 8. The van der Waals surface area contributed by atoms with E-state index in [2.05, 4.69) is 25.5 Å². The van der Waals surface area contributed by atoms with Crippen LogP contribution in [0.15, 0.2) is 45.9 Å². The molecule has 37 heavy (non-hydrogen) atoms. The Morgan fingerprint density at radius 2 is 1.95 bits per heavy atom. The highest BCUT2D eigenvalue weighted by Crippen LogP contribution is 2.46. The Morgan fingerprint density at radius 3 is 2.59 bits per heavy atom. The van der Waals surface area contributed by atoms with E-state index in [0.29, 0.717) is 43.6 Å². The van der Waals surface area contributed by atoms with Crippen LogP contribution in [0, 0.1) is 5.41 Å². The minimum atomic E-state index is -1.96. The maximum absolute atomic E-state index is 16.0. The van der Waals surface area contributed by atoms with Gasteiger partial charge in [-0.15, -0.1) is 10.2 Å². The van der Waals surface area contributed by atoms with E-state index in [0.717, 1.165) is 32.3 Å². The zero-order chi connectivity index (χ0) is 25.6. The molecule has 194 valence electrons. The van der Waals surface area contributed by atoms with Gasteiger partial charge in [0.05, 0.1) is 12.1 Å². The van der Waals surface area contributed by atoms with E-state index >= 15 is 4.39 Å². The molecule has 2 N–H and O–H groups in total. The number of amides is 1. The molecule has 3 saturated heterocycles. The van der Waals surface area contributed by atoms with Gasteiger partial charge < -0.3 is 24.4 Å². The van der Waals surface area contributed by atoms with Crippen molar-refractivity contribution in [1.29, 1.82) is 0 Å². The predicted molar refractivity (Wildman–Crippen MR) is 130 cm³/mol. The Hall–Kier alpha value is -3.44. The SMILES string of the molecule is CC(F)(c1ccc(C2CCOCC2)cc1)c1nnc(C2CN(C(=O)c3c[nH]c(=O)cn3)CC23CNC3)o1. The third kappa shape index (κ3) is 4.25. The fourth-order valence-electron chi connectivity index (χ4n) is 5.68. The molecule has 0 bridgehead atoms. The average Bonchev–Trinajstić information content (AvgIpc) is 3.55. The number of aromatic nitrogens is 4. The molecule has 2 unspecified atom stereocenters. The smallest absolute Gasteiger partial charge is 0.274 e. The Labute approximate surface area is 212 Å². The molecule has 2 atom stereocenters. The lowest BCUT2D eigenvalue weighted by molar-refractivity contribution is 0.0742. The number of ether oxygens (including phenoxy) is 1. The van der Waals surface area contributed by atoms with Gasteiger partial charge in [-0.3, -0.25) is 9.59 Å². The molecule has 5 heterocycles. The summed E-state index contributed by atoms with van der Waals surface area (Å²) in [5.41, 5.74) is -0.819. The summed E-state index contributed by atoms with van der Waals surface area (Å²) in [6.45, 7) is 5.10. The average molecular weight is 509 g/mol. The number of halogens is 1. The zero-order valence-corrected chi connectivity index (χ0v) is 20.6. The van der Waals surface area contributed by atoms with Crippen molar-refractivity contribution in [3.63, 3.8) is 0 Å². The molecule has 1 amide bonds. The van der Waals surface area contributed by atoms with E-state index in [1.54, 1.807) is 17.0 Å². The number of H-pyrrole nitrogens is 1. The number of alkyl halides is 1. The second-order valence-electron chi connectivity index (χ2n) is 10.5. The number of carbonyl (C=O) groups excluding carboxylic acids is 1. The minimum absolute atomic E-state index is 0.101. The molecule has 3 fully saturated rings.